The van der Waals surface area contributed by atoms with E-state index < -0.39 is 103 Å². The quantitative estimate of drug-likeness (QED) is 0.0439. The van der Waals surface area contributed by atoms with Crippen LogP contribution in [0.15, 0.2) is 46.5 Å². The number of benzene rings is 1. The highest BCUT2D eigenvalue weighted by molar-refractivity contribution is 7.66. The zero-order chi connectivity index (χ0) is 43.8. The molecule has 0 amide bonds. The van der Waals surface area contributed by atoms with E-state index in [1.165, 1.54) is 22.6 Å². The summed E-state index contributed by atoms with van der Waals surface area (Å²) in [5, 5.41) is 21.2. The summed E-state index contributed by atoms with van der Waals surface area (Å²) in [5.74, 6) is 0.0330. The van der Waals surface area contributed by atoms with Crippen LogP contribution in [-0.4, -0.2) is 116 Å². The van der Waals surface area contributed by atoms with Gasteiger partial charge < -0.3 is 60.0 Å². The number of H-pyrrole nitrogens is 2. The molecule has 3 aliphatic heterocycles. The summed E-state index contributed by atoms with van der Waals surface area (Å²) >= 11 is 0. The van der Waals surface area contributed by atoms with Crippen LogP contribution in [0, 0.1) is 0 Å². The summed E-state index contributed by atoms with van der Waals surface area (Å²) in [6.45, 7) is -1.96. The van der Waals surface area contributed by atoms with Gasteiger partial charge >= 0.3 is 29.0 Å². The lowest BCUT2D eigenvalue weighted by molar-refractivity contribution is -0.646. The largest absolute Gasteiger partial charge is 0.497 e. The van der Waals surface area contributed by atoms with E-state index in [1.807, 2.05) is 0 Å². The van der Waals surface area contributed by atoms with Crippen LogP contribution < -0.4 is 31.9 Å². The van der Waals surface area contributed by atoms with Gasteiger partial charge in [0.25, 0.3) is 16.7 Å². The number of methoxy groups -OCH3 is 1. The SMILES string of the molecule is COc1ccc(C2OC3C(O2)[C@@H](COP(=O)(O)OP(=O)(O)OP(=O)(O)OC[C@H]2O[C@@H](n4cnc5c(=O)[nH]c(N)nc54)C(O)C2O)O[C@H]3n2c[n+](C)c3c(=O)[nH]c(N)nc32)cc1. The second kappa shape index (κ2) is 16.0. The fraction of sp³-hybridized carbons (Fsp3) is 0.448. The van der Waals surface area contributed by atoms with E-state index in [-0.39, 0.29) is 34.2 Å². The first-order valence-corrected chi connectivity index (χ1v) is 22.0. The number of nitrogens with two attached hydrogens (primary N) is 2. The molecule has 3 aliphatic rings. The molecule has 7 heterocycles. The second-order valence-corrected chi connectivity index (χ2v) is 18.2. The summed E-state index contributed by atoms with van der Waals surface area (Å²) < 4.78 is 89.7. The van der Waals surface area contributed by atoms with E-state index in [1.54, 1.807) is 31.3 Å². The molecule has 61 heavy (non-hydrogen) atoms. The molecule has 0 saturated carbocycles. The average Bonchev–Trinajstić information content (AvgIpc) is 3.98. The molecule has 0 bridgehead atoms. The van der Waals surface area contributed by atoms with E-state index >= 15 is 0 Å². The van der Waals surface area contributed by atoms with Gasteiger partial charge in [-0.2, -0.15) is 23.2 Å². The third-order valence-electron chi connectivity index (χ3n) is 9.58. The number of hydrogen-bond donors (Lipinski definition) is 9. The molecule has 8 rings (SSSR count). The highest BCUT2D eigenvalue weighted by Gasteiger charge is 2.57. The molecule has 5 aromatic rings. The predicted molar refractivity (Wildman–Crippen MR) is 197 cm³/mol. The van der Waals surface area contributed by atoms with Gasteiger partial charge in [0.05, 0.1) is 33.7 Å². The van der Waals surface area contributed by atoms with Crippen molar-refractivity contribution in [2.24, 2.45) is 7.05 Å². The molecule has 3 saturated heterocycles. The van der Waals surface area contributed by atoms with E-state index in [0.29, 0.717) is 11.3 Å². The number of fused-ring (bicyclic) bond motifs is 3. The first-order chi connectivity index (χ1) is 28.7. The maximum Gasteiger partial charge on any atom is 0.490 e. The fourth-order valence-corrected chi connectivity index (χ4v) is 10.5. The van der Waals surface area contributed by atoms with Crippen molar-refractivity contribution in [3.8, 4) is 5.75 Å². The molecule has 32 heteroatoms. The van der Waals surface area contributed by atoms with Crippen molar-refractivity contribution < 1.29 is 84.5 Å². The fourth-order valence-electron chi connectivity index (χ4n) is 6.95. The number of aliphatic hydroxyl groups is 2. The van der Waals surface area contributed by atoms with E-state index in [0.717, 1.165) is 10.9 Å². The number of aliphatic hydroxyl groups excluding tert-OH is 2. The minimum atomic E-state index is -6.01. The highest BCUT2D eigenvalue weighted by Crippen LogP contribution is 2.68. The van der Waals surface area contributed by atoms with Gasteiger partial charge in [-0.1, -0.05) is 12.1 Å². The topological polar surface area (TPSA) is 406 Å². The number of imidazole rings is 2. The number of hydrogen-bond acceptors (Lipinski definition) is 21. The zero-order valence-corrected chi connectivity index (χ0v) is 33.9. The van der Waals surface area contributed by atoms with E-state index in [9.17, 15) is 48.2 Å². The standard InChI is InChI=1S/C29H35N10O19P3/c1-37-10-39(22-16(37)24(43)36-29(31)34-22)26-20-19(55-27(56-20)11-3-5-12(50-2)6-4-11)14(54-26)8-52-60(46,47)58-61(48,49)57-59(44,45)51-7-13-17(40)18(41)25(53-13)38-9-32-15-21(38)33-28(30)35-23(15)42/h3-6,9-10,13-14,17-20,25-27,40-41H,7-8H2,1-2H3,(H8-,30,31,33,34,35,36,42,43,44,45,46,47,48,49)/p+1/t13-,14-,17?,18?,19?,20?,25-,26-,27?/m1/s1. The third-order valence-corrected chi connectivity index (χ3v) is 13.8. The number of aromatic amines is 2. The molecule has 8 unspecified atom stereocenters. The van der Waals surface area contributed by atoms with Crippen LogP contribution in [0.5, 0.6) is 5.75 Å². The number of phosphoric acid groups is 3. The van der Waals surface area contributed by atoms with Crippen molar-refractivity contribution in [3.63, 3.8) is 0 Å². The van der Waals surface area contributed by atoms with Crippen molar-refractivity contribution in [1.82, 2.24) is 34.1 Å². The first-order valence-electron chi connectivity index (χ1n) is 17.5. The van der Waals surface area contributed by atoms with Crippen LogP contribution in [0.4, 0.5) is 11.9 Å². The Labute approximate surface area is 339 Å². The number of nitrogens with zero attached hydrogens (tertiary/aromatic N) is 6. The molecular formula is C29H36N10O19P3+. The Morgan fingerprint density at radius 2 is 1.38 bits per heavy atom. The van der Waals surface area contributed by atoms with Crippen LogP contribution in [0.2, 0.25) is 0 Å². The van der Waals surface area contributed by atoms with Crippen LogP contribution in [0.25, 0.3) is 22.3 Å². The van der Waals surface area contributed by atoms with Gasteiger partial charge in [0.1, 0.15) is 36.3 Å². The Kier molecular flexibility index (Phi) is 11.3. The number of phosphoric ester groups is 2. The molecule has 12 atom stereocenters. The maximum absolute atomic E-state index is 13.0. The van der Waals surface area contributed by atoms with Crippen molar-refractivity contribution >= 4 is 57.7 Å². The second-order valence-electron chi connectivity index (χ2n) is 13.6. The van der Waals surface area contributed by atoms with Gasteiger partial charge in [-0.05, 0) is 12.1 Å². The number of aryl methyl sites for hydroxylation is 1. The Balaban J connectivity index is 0.926. The molecular weight excluding hydrogens is 885 g/mol. The molecule has 0 radical (unpaired) electrons. The number of ether oxygens (including phenoxy) is 5. The van der Waals surface area contributed by atoms with Crippen molar-refractivity contribution in [2.75, 3.05) is 31.8 Å². The minimum Gasteiger partial charge on any atom is -0.497 e. The molecule has 1 aromatic carbocycles. The lowest BCUT2D eigenvalue weighted by Crippen LogP contribution is -2.33. The van der Waals surface area contributed by atoms with Crippen LogP contribution in [0.3, 0.4) is 0 Å². The van der Waals surface area contributed by atoms with Crippen LogP contribution in [-0.2, 0) is 57.4 Å². The highest BCUT2D eigenvalue weighted by atomic mass is 31.3. The summed E-state index contributed by atoms with van der Waals surface area (Å²) in [7, 11) is -14.3. The average molecular weight is 922 g/mol. The van der Waals surface area contributed by atoms with Crippen LogP contribution in [0.1, 0.15) is 24.3 Å². The van der Waals surface area contributed by atoms with Crippen LogP contribution >= 0.6 is 23.5 Å². The Morgan fingerprint density at radius 1 is 0.787 bits per heavy atom. The van der Waals surface area contributed by atoms with Gasteiger partial charge in [-0.25, -0.2) is 23.2 Å². The molecule has 3 fully saturated rings. The van der Waals surface area contributed by atoms with Gasteiger partial charge in [0.15, 0.2) is 29.8 Å². The summed E-state index contributed by atoms with van der Waals surface area (Å²) in [6.07, 6.45) is -9.68. The van der Waals surface area contributed by atoms with E-state index in [2.05, 4.69) is 38.1 Å². The number of aromatic nitrogens is 8. The van der Waals surface area contributed by atoms with Gasteiger partial charge in [-0.3, -0.25) is 33.2 Å². The Bertz CT molecular complexity index is 2750. The van der Waals surface area contributed by atoms with Gasteiger partial charge in [0.2, 0.25) is 24.5 Å². The van der Waals surface area contributed by atoms with Gasteiger partial charge in [-0.15, -0.1) is 0 Å². The molecule has 11 N–H and O–H groups in total. The number of nitrogens with one attached hydrogen (secondary N) is 2. The summed E-state index contributed by atoms with van der Waals surface area (Å²) in [6, 6.07) is 6.65. The monoisotopic (exact) mass is 921 g/mol. The smallest absolute Gasteiger partial charge is 0.490 e. The molecule has 4 aromatic heterocycles. The van der Waals surface area contributed by atoms with Crippen molar-refractivity contribution in [3.05, 3.63) is 63.2 Å². The first kappa shape index (κ1) is 43.2. The van der Waals surface area contributed by atoms with Crippen molar-refractivity contribution in [2.45, 2.75) is 55.4 Å². The number of anilines is 2. The molecule has 330 valence electrons. The zero-order valence-electron chi connectivity index (χ0n) is 31.2. The lowest BCUT2D eigenvalue weighted by Gasteiger charge is -2.22. The number of nitrogen functional groups attached to an aromatic ring is 2. The molecule has 29 nitrogen and oxygen atoms in total. The van der Waals surface area contributed by atoms with Gasteiger partial charge in [0, 0.05) is 5.56 Å². The minimum absolute atomic E-state index is 0.0771. The summed E-state index contributed by atoms with van der Waals surface area (Å²) in [5.41, 5.74) is 10.5. The Hall–Kier alpha value is -4.51. The molecule has 0 spiro atoms. The van der Waals surface area contributed by atoms with E-state index in [4.69, 9.17) is 39.7 Å². The summed E-state index contributed by atoms with van der Waals surface area (Å²) in [4.78, 5) is 72.5. The Morgan fingerprint density at radius 3 is 2.03 bits per heavy atom. The normalized spacial score (nSPS) is 29.4. The molecule has 0 aliphatic carbocycles. The lowest BCUT2D eigenvalue weighted by atomic mass is 10.1. The predicted octanol–water partition coefficient (Wildman–Crippen LogP) is -1.78. The number of rotatable bonds is 14. The van der Waals surface area contributed by atoms with Crippen molar-refractivity contribution in [1.29, 1.82) is 0 Å². The third kappa shape index (κ3) is 8.52. The maximum atomic E-state index is 13.0.